The Morgan fingerprint density at radius 2 is 1.90 bits per heavy atom. The van der Waals surface area contributed by atoms with Gasteiger partial charge in [-0.2, -0.15) is 0 Å². The van der Waals surface area contributed by atoms with E-state index in [1.54, 1.807) is 31.6 Å². The third kappa shape index (κ3) is 5.84. The smallest absolute Gasteiger partial charge is 0.191 e. The van der Waals surface area contributed by atoms with Crippen LogP contribution >= 0.6 is 11.3 Å². The molecule has 0 fully saturated rings. The first kappa shape index (κ1) is 21.4. The fraction of sp³-hybridized carbons (Fsp3) is 0.217. The van der Waals surface area contributed by atoms with Gasteiger partial charge >= 0.3 is 0 Å². The Bertz CT molecular complexity index is 983. The fourth-order valence-electron chi connectivity index (χ4n) is 2.77. The maximum Gasteiger partial charge on any atom is 0.191 e. The average Bonchev–Trinajstić information content (AvgIpc) is 3.27. The van der Waals surface area contributed by atoms with E-state index in [0.717, 1.165) is 33.3 Å². The van der Waals surface area contributed by atoms with Crippen molar-refractivity contribution in [1.82, 2.24) is 15.6 Å². The summed E-state index contributed by atoms with van der Waals surface area (Å²) in [5.41, 5.74) is 3.09. The van der Waals surface area contributed by atoms with E-state index < -0.39 is 0 Å². The summed E-state index contributed by atoms with van der Waals surface area (Å²) in [4.78, 5) is 9.00. The molecule has 1 aromatic heterocycles. The van der Waals surface area contributed by atoms with Crippen LogP contribution in [0.1, 0.15) is 11.3 Å². The van der Waals surface area contributed by atoms with Gasteiger partial charge in [0.05, 0.1) is 19.3 Å². The van der Waals surface area contributed by atoms with Gasteiger partial charge in [-0.3, -0.25) is 4.99 Å². The quantitative estimate of drug-likeness (QED) is 0.307. The van der Waals surface area contributed by atoms with Crippen molar-refractivity contribution in [2.24, 2.45) is 4.99 Å². The highest BCUT2D eigenvalue weighted by molar-refractivity contribution is 7.13. The molecule has 2 aromatic carbocycles. The number of rotatable bonds is 9. The van der Waals surface area contributed by atoms with Crippen molar-refractivity contribution in [2.75, 3.05) is 20.8 Å². The second-order valence-corrected chi connectivity index (χ2v) is 7.22. The number of benzene rings is 2. The molecule has 0 saturated carbocycles. The normalized spacial score (nSPS) is 11.1. The standard InChI is InChI=1S/C23H26N4O2S/c1-4-13-29-21-8-6-5-7-18(21)14-25-23(24-2)26-15-19-16-30-22(27-19)17-9-11-20(28-3)12-10-17/h4-12,16H,1,13-15H2,2-3H3,(H2,24,25,26). The van der Waals surface area contributed by atoms with E-state index in [1.165, 1.54) is 0 Å². The Morgan fingerprint density at radius 1 is 1.13 bits per heavy atom. The van der Waals surface area contributed by atoms with Crippen molar-refractivity contribution in [3.05, 3.63) is 77.8 Å². The first-order valence-electron chi connectivity index (χ1n) is 9.58. The number of ether oxygens (including phenoxy) is 2. The molecule has 0 aliphatic rings. The maximum absolute atomic E-state index is 5.71. The van der Waals surface area contributed by atoms with Gasteiger partial charge in [0.1, 0.15) is 23.1 Å². The van der Waals surface area contributed by atoms with Crippen molar-refractivity contribution in [3.63, 3.8) is 0 Å². The molecule has 3 aromatic rings. The first-order valence-corrected chi connectivity index (χ1v) is 10.5. The molecule has 156 valence electrons. The van der Waals surface area contributed by atoms with Crippen LogP contribution in [0, 0.1) is 0 Å². The molecule has 1 heterocycles. The number of aliphatic imine (C=N–C) groups is 1. The molecular formula is C23H26N4O2S. The lowest BCUT2D eigenvalue weighted by atomic mass is 10.2. The molecule has 0 aliphatic carbocycles. The van der Waals surface area contributed by atoms with E-state index >= 15 is 0 Å². The summed E-state index contributed by atoms with van der Waals surface area (Å²) in [5, 5.41) is 9.66. The summed E-state index contributed by atoms with van der Waals surface area (Å²) in [5.74, 6) is 2.38. The van der Waals surface area contributed by atoms with Crippen LogP contribution in [0.5, 0.6) is 11.5 Å². The van der Waals surface area contributed by atoms with E-state index in [0.29, 0.717) is 25.7 Å². The second-order valence-electron chi connectivity index (χ2n) is 6.36. The lowest BCUT2D eigenvalue weighted by Gasteiger charge is -2.14. The molecule has 0 bridgehead atoms. The van der Waals surface area contributed by atoms with Crippen molar-refractivity contribution < 1.29 is 9.47 Å². The fourth-order valence-corrected chi connectivity index (χ4v) is 3.59. The zero-order valence-electron chi connectivity index (χ0n) is 17.2. The number of para-hydroxylation sites is 1. The van der Waals surface area contributed by atoms with Crippen LogP contribution in [0.25, 0.3) is 10.6 Å². The minimum absolute atomic E-state index is 0.477. The Morgan fingerprint density at radius 3 is 2.63 bits per heavy atom. The lowest BCUT2D eigenvalue weighted by molar-refractivity contribution is 0.358. The van der Waals surface area contributed by atoms with Crippen LogP contribution in [0.15, 0.2) is 71.6 Å². The van der Waals surface area contributed by atoms with Crippen LogP contribution in [0.4, 0.5) is 0 Å². The highest BCUT2D eigenvalue weighted by Gasteiger charge is 2.07. The molecule has 0 spiro atoms. The largest absolute Gasteiger partial charge is 0.497 e. The molecule has 0 aliphatic heterocycles. The Hall–Kier alpha value is -3.32. The molecule has 0 saturated heterocycles. The zero-order chi connectivity index (χ0) is 21.2. The van der Waals surface area contributed by atoms with Crippen LogP contribution in [0.2, 0.25) is 0 Å². The van der Waals surface area contributed by atoms with Crippen LogP contribution < -0.4 is 20.1 Å². The summed E-state index contributed by atoms with van der Waals surface area (Å²) in [7, 11) is 3.41. The van der Waals surface area contributed by atoms with Gasteiger partial charge in [-0.15, -0.1) is 11.3 Å². The second kappa shape index (κ2) is 11.0. The van der Waals surface area contributed by atoms with E-state index in [1.807, 2.05) is 48.5 Å². The van der Waals surface area contributed by atoms with E-state index in [2.05, 4.69) is 27.6 Å². The van der Waals surface area contributed by atoms with Gasteiger partial charge in [0.2, 0.25) is 0 Å². The lowest BCUT2D eigenvalue weighted by Crippen LogP contribution is -2.36. The van der Waals surface area contributed by atoms with Gasteiger partial charge in [-0.05, 0) is 30.3 Å². The van der Waals surface area contributed by atoms with Crippen LogP contribution in [0.3, 0.4) is 0 Å². The first-order chi connectivity index (χ1) is 14.7. The van der Waals surface area contributed by atoms with Gasteiger partial charge in [0.25, 0.3) is 0 Å². The number of guanidine groups is 1. The summed E-state index contributed by atoms with van der Waals surface area (Å²) < 4.78 is 10.9. The summed E-state index contributed by atoms with van der Waals surface area (Å²) in [6, 6.07) is 15.8. The molecular weight excluding hydrogens is 396 g/mol. The Kier molecular flexibility index (Phi) is 7.86. The maximum atomic E-state index is 5.71. The van der Waals surface area contributed by atoms with E-state index in [-0.39, 0.29) is 0 Å². The summed E-state index contributed by atoms with van der Waals surface area (Å²) in [6.45, 7) is 5.35. The summed E-state index contributed by atoms with van der Waals surface area (Å²) in [6.07, 6.45) is 1.73. The summed E-state index contributed by atoms with van der Waals surface area (Å²) >= 11 is 1.62. The monoisotopic (exact) mass is 422 g/mol. The number of nitrogens with one attached hydrogen (secondary N) is 2. The molecule has 3 rings (SSSR count). The van der Waals surface area contributed by atoms with Gasteiger partial charge in [-0.25, -0.2) is 4.98 Å². The predicted octanol–water partition coefficient (Wildman–Crippen LogP) is 4.25. The van der Waals surface area contributed by atoms with Gasteiger partial charge in [0, 0.05) is 30.1 Å². The highest BCUT2D eigenvalue weighted by Crippen LogP contribution is 2.25. The highest BCUT2D eigenvalue weighted by atomic mass is 32.1. The number of nitrogens with zero attached hydrogens (tertiary/aromatic N) is 2. The van der Waals surface area contributed by atoms with Gasteiger partial charge in [0.15, 0.2) is 5.96 Å². The van der Waals surface area contributed by atoms with Gasteiger partial charge in [-0.1, -0.05) is 30.9 Å². The minimum Gasteiger partial charge on any atom is -0.497 e. The van der Waals surface area contributed by atoms with Crippen molar-refractivity contribution in [2.45, 2.75) is 13.1 Å². The van der Waals surface area contributed by atoms with Crippen LogP contribution in [-0.4, -0.2) is 31.7 Å². The predicted molar refractivity (Wildman–Crippen MR) is 123 cm³/mol. The third-order valence-electron chi connectivity index (χ3n) is 4.32. The molecule has 0 radical (unpaired) electrons. The minimum atomic E-state index is 0.477. The Labute approximate surface area is 181 Å². The molecule has 0 unspecified atom stereocenters. The third-order valence-corrected chi connectivity index (χ3v) is 5.27. The zero-order valence-corrected chi connectivity index (χ0v) is 18.0. The molecule has 0 amide bonds. The van der Waals surface area contributed by atoms with Crippen molar-refractivity contribution in [3.8, 4) is 22.1 Å². The SMILES string of the molecule is C=CCOc1ccccc1CNC(=NC)NCc1csc(-c2ccc(OC)cc2)n1. The number of methoxy groups -OCH3 is 1. The molecule has 6 nitrogen and oxygen atoms in total. The topological polar surface area (TPSA) is 67.8 Å². The molecule has 7 heteroatoms. The van der Waals surface area contributed by atoms with Gasteiger partial charge < -0.3 is 20.1 Å². The van der Waals surface area contributed by atoms with E-state index in [9.17, 15) is 0 Å². The van der Waals surface area contributed by atoms with Crippen molar-refractivity contribution >= 4 is 17.3 Å². The van der Waals surface area contributed by atoms with Crippen LogP contribution in [-0.2, 0) is 13.1 Å². The Balaban J connectivity index is 1.55. The molecule has 2 N–H and O–H groups in total. The number of hydrogen-bond acceptors (Lipinski definition) is 5. The van der Waals surface area contributed by atoms with E-state index in [4.69, 9.17) is 14.5 Å². The molecule has 0 atom stereocenters. The number of aromatic nitrogens is 1. The average molecular weight is 423 g/mol. The number of thiazole rings is 1. The number of hydrogen-bond donors (Lipinski definition) is 2. The molecule has 30 heavy (non-hydrogen) atoms. The van der Waals surface area contributed by atoms with Crippen molar-refractivity contribution in [1.29, 1.82) is 0 Å².